The highest BCUT2D eigenvalue weighted by atomic mass is 35.5. The van der Waals surface area contributed by atoms with Gasteiger partial charge in [0.25, 0.3) is 5.78 Å². The average Bonchev–Trinajstić information content (AvgIpc) is 2.89. The third kappa shape index (κ3) is 2.25. The molecule has 8 heteroatoms. The van der Waals surface area contributed by atoms with E-state index in [2.05, 4.69) is 26.5 Å². The summed E-state index contributed by atoms with van der Waals surface area (Å²) in [6.45, 7) is 0. The topological polar surface area (TPSA) is 78.9 Å². The number of hydrogen-bond acceptors (Lipinski definition) is 5. The monoisotopic (exact) mass is 304 g/mol. The van der Waals surface area contributed by atoms with Crippen LogP contribution in [0.3, 0.4) is 0 Å². The molecule has 0 saturated carbocycles. The van der Waals surface area contributed by atoms with Gasteiger partial charge in [0.2, 0.25) is 0 Å². The van der Waals surface area contributed by atoms with E-state index in [0.717, 1.165) is 0 Å². The van der Waals surface area contributed by atoms with Crippen molar-refractivity contribution in [3.63, 3.8) is 0 Å². The largest absolute Gasteiger partial charge is 0.339 e. The van der Waals surface area contributed by atoms with Crippen molar-refractivity contribution in [3.8, 4) is 6.07 Å². The van der Waals surface area contributed by atoms with Crippen LogP contribution in [0.5, 0.6) is 0 Å². The summed E-state index contributed by atoms with van der Waals surface area (Å²) in [5, 5.41) is 16.8. The van der Waals surface area contributed by atoms with Crippen molar-refractivity contribution in [3.05, 3.63) is 46.3 Å². The van der Waals surface area contributed by atoms with Gasteiger partial charge in [-0.3, -0.25) is 0 Å². The van der Waals surface area contributed by atoms with Crippen molar-refractivity contribution < 1.29 is 0 Å². The molecule has 1 aromatic carbocycles. The van der Waals surface area contributed by atoms with E-state index >= 15 is 0 Å². The molecule has 0 fully saturated rings. The quantitative estimate of drug-likeness (QED) is 0.736. The minimum absolute atomic E-state index is 0.278. The fourth-order valence-corrected chi connectivity index (χ4v) is 2.04. The highest BCUT2D eigenvalue weighted by molar-refractivity contribution is 6.33. The minimum atomic E-state index is 0.278. The second kappa shape index (κ2) is 4.96. The molecule has 6 nitrogen and oxygen atoms in total. The molecular formula is C12H6Cl2N6. The lowest BCUT2D eigenvalue weighted by molar-refractivity contribution is 0.947. The molecule has 1 N–H and O–H groups in total. The van der Waals surface area contributed by atoms with Crippen LogP contribution in [0.4, 0.5) is 11.5 Å². The predicted molar refractivity (Wildman–Crippen MR) is 75.2 cm³/mol. The summed E-state index contributed by atoms with van der Waals surface area (Å²) in [7, 11) is 0. The number of hydrogen-bond donors (Lipinski definition) is 1. The minimum Gasteiger partial charge on any atom is -0.339 e. The van der Waals surface area contributed by atoms with Gasteiger partial charge in [-0.2, -0.15) is 24.8 Å². The van der Waals surface area contributed by atoms with Gasteiger partial charge in [0.15, 0.2) is 0 Å². The van der Waals surface area contributed by atoms with Crippen molar-refractivity contribution in [2.75, 3.05) is 5.32 Å². The van der Waals surface area contributed by atoms with Gasteiger partial charge >= 0.3 is 0 Å². The van der Waals surface area contributed by atoms with Gasteiger partial charge in [-0.05, 0) is 18.2 Å². The number of benzene rings is 1. The van der Waals surface area contributed by atoms with Gasteiger partial charge in [0.1, 0.15) is 17.3 Å². The first-order valence-electron chi connectivity index (χ1n) is 5.50. The Morgan fingerprint density at radius 3 is 2.90 bits per heavy atom. The van der Waals surface area contributed by atoms with Gasteiger partial charge in [0, 0.05) is 6.07 Å². The highest BCUT2D eigenvalue weighted by Crippen LogP contribution is 2.27. The Hall–Kier alpha value is -2.36. The average molecular weight is 305 g/mol. The molecule has 20 heavy (non-hydrogen) atoms. The first kappa shape index (κ1) is 12.7. The maximum absolute atomic E-state index is 8.92. The van der Waals surface area contributed by atoms with Crippen molar-refractivity contribution in [2.24, 2.45) is 0 Å². The molecule has 0 unspecified atom stereocenters. The number of nitrogens with zero attached hydrogens (tertiary/aromatic N) is 5. The molecule has 0 bridgehead atoms. The molecular weight excluding hydrogens is 299 g/mol. The summed E-state index contributed by atoms with van der Waals surface area (Å²) < 4.78 is 1.49. The number of nitriles is 1. The van der Waals surface area contributed by atoms with Crippen molar-refractivity contribution >= 4 is 40.5 Å². The first-order chi connectivity index (χ1) is 9.67. The molecule has 98 valence electrons. The van der Waals surface area contributed by atoms with Crippen molar-refractivity contribution in [1.82, 2.24) is 19.6 Å². The highest BCUT2D eigenvalue weighted by Gasteiger charge is 2.09. The zero-order chi connectivity index (χ0) is 14.1. The van der Waals surface area contributed by atoms with Crippen LogP contribution < -0.4 is 5.32 Å². The SMILES string of the molecule is N#Cc1ccc(Cl)c(Nc2cc(Cl)nc3ncnn23)c1. The summed E-state index contributed by atoms with van der Waals surface area (Å²) in [6, 6.07) is 8.57. The van der Waals surface area contributed by atoms with Crippen LogP contribution in [0.1, 0.15) is 5.56 Å². The summed E-state index contributed by atoms with van der Waals surface area (Å²) in [4.78, 5) is 7.99. The van der Waals surface area contributed by atoms with Gasteiger partial charge in [0.05, 0.1) is 22.3 Å². The van der Waals surface area contributed by atoms with Crippen LogP contribution in [-0.2, 0) is 0 Å². The maximum Gasteiger partial charge on any atom is 0.255 e. The third-order valence-electron chi connectivity index (χ3n) is 2.58. The van der Waals surface area contributed by atoms with Crippen LogP contribution in [0.15, 0.2) is 30.6 Å². The van der Waals surface area contributed by atoms with Gasteiger partial charge in [-0.15, -0.1) is 0 Å². The summed E-state index contributed by atoms with van der Waals surface area (Å²) in [5.41, 5.74) is 1.07. The Labute approximate surface area is 123 Å². The molecule has 2 heterocycles. The van der Waals surface area contributed by atoms with E-state index in [0.29, 0.717) is 27.9 Å². The standard InChI is InChI=1S/C12H6Cl2N6/c13-8-2-1-7(5-15)3-9(8)18-11-4-10(14)19-12-16-6-17-20(11)12/h1-4,6,18H. The fourth-order valence-electron chi connectivity index (χ4n) is 1.70. The predicted octanol–water partition coefficient (Wildman–Crippen LogP) is 3.05. The van der Waals surface area contributed by atoms with Gasteiger partial charge in [-0.1, -0.05) is 23.2 Å². The number of fused-ring (bicyclic) bond motifs is 1. The smallest absolute Gasteiger partial charge is 0.255 e. The lowest BCUT2D eigenvalue weighted by Gasteiger charge is -2.10. The molecule has 3 aromatic rings. The number of anilines is 2. The molecule has 0 radical (unpaired) electrons. The van der Waals surface area contributed by atoms with Crippen LogP contribution in [0.2, 0.25) is 10.2 Å². The zero-order valence-electron chi connectivity index (χ0n) is 9.88. The third-order valence-corrected chi connectivity index (χ3v) is 3.10. The Bertz CT molecular complexity index is 836. The van der Waals surface area contributed by atoms with Crippen LogP contribution in [0.25, 0.3) is 5.78 Å². The summed E-state index contributed by atoms with van der Waals surface area (Å²) in [6.07, 6.45) is 1.37. The zero-order valence-corrected chi connectivity index (χ0v) is 11.4. The van der Waals surface area contributed by atoms with E-state index in [9.17, 15) is 0 Å². The Morgan fingerprint density at radius 2 is 2.10 bits per heavy atom. The number of nitrogens with one attached hydrogen (secondary N) is 1. The van der Waals surface area contributed by atoms with Gasteiger partial charge in [-0.25, -0.2) is 0 Å². The van der Waals surface area contributed by atoms with Crippen molar-refractivity contribution in [2.45, 2.75) is 0 Å². The molecule has 3 rings (SSSR count). The van der Waals surface area contributed by atoms with Crippen LogP contribution in [0, 0.1) is 11.3 Å². The van der Waals surface area contributed by atoms with E-state index in [-0.39, 0.29) is 5.15 Å². The van der Waals surface area contributed by atoms with Crippen LogP contribution in [-0.4, -0.2) is 19.6 Å². The number of halogens is 2. The second-order valence-corrected chi connectivity index (χ2v) is 4.66. The molecule has 0 spiro atoms. The van der Waals surface area contributed by atoms with E-state index in [4.69, 9.17) is 28.5 Å². The van der Waals surface area contributed by atoms with Crippen molar-refractivity contribution in [1.29, 1.82) is 5.26 Å². The Morgan fingerprint density at radius 1 is 1.25 bits per heavy atom. The molecule has 0 aliphatic rings. The summed E-state index contributed by atoms with van der Waals surface area (Å²) >= 11 is 12.0. The fraction of sp³-hybridized carbons (Fsp3) is 0. The molecule has 0 amide bonds. The summed E-state index contributed by atoms with van der Waals surface area (Å²) in [5.74, 6) is 0.919. The number of rotatable bonds is 2. The molecule has 0 atom stereocenters. The first-order valence-corrected chi connectivity index (χ1v) is 6.26. The van der Waals surface area contributed by atoms with E-state index in [1.54, 1.807) is 24.3 Å². The van der Waals surface area contributed by atoms with E-state index in [1.165, 1.54) is 10.8 Å². The lowest BCUT2D eigenvalue weighted by atomic mass is 10.2. The maximum atomic E-state index is 8.92. The molecule has 0 aliphatic carbocycles. The van der Waals surface area contributed by atoms with E-state index in [1.807, 2.05) is 0 Å². The lowest BCUT2D eigenvalue weighted by Crippen LogP contribution is -2.02. The normalized spacial score (nSPS) is 10.4. The number of aromatic nitrogens is 4. The second-order valence-electron chi connectivity index (χ2n) is 3.87. The molecule has 0 aliphatic heterocycles. The van der Waals surface area contributed by atoms with E-state index < -0.39 is 0 Å². The van der Waals surface area contributed by atoms with Gasteiger partial charge < -0.3 is 5.32 Å². The van der Waals surface area contributed by atoms with Crippen LogP contribution >= 0.6 is 23.2 Å². The Kier molecular flexibility index (Phi) is 3.14. The molecule has 2 aromatic heterocycles. The Balaban J connectivity index is 2.09. The molecule has 0 saturated heterocycles.